The highest BCUT2D eigenvalue weighted by atomic mass is 16.5. The van der Waals surface area contributed by atoms with E-state index in [0.717, 1.165) is 59.3 Å². The summed E-state index contributed by atoms with van der Waals surface area (Å²) in [5, 5.41) is 0.923. The van der Waals surface area contributed by atoms with Crippen LogP contribution in [-0.4, -0.2) is 14.5 Å². The number of nitrogens with zero attached hydrogens (tertiary/aromatic N) is 3. The van der Waals surface area contributed by atoms with Gasteiger partial charge in [-0.15, -0.1) is 0 Å². The van der Waals surface area contributed by atoms with Crippen LogP contribution in [0.15, 0.2) is 67.1 Å². The smallest absolute Gasteiger partial charge is 0.146 e. The van der Waals surface area contributed by atoms with Crippen molar-refractivity contribution in [2.24, 2.45) is 0 Å². The van der Waals surface area contributed by atoms with Crippen molar-refractivity contribution >= 4 is 16.9 Å². The molecule has 4 aromatic rings. The fourth-order valence-corrected chi connectivity index (χ4v) is 4.02. The molecule has 2 aromatic heterocycles. The van der Waals surface area contributed by atoms with E-state index in [1.165, 1.54) is 0 Å². The highest BCUT2D eigenvalue weighted by molar-refractivity contribution is 6.00. The Morgan fingerprint density at radius 2 is 1.50 bits per heavy atom. The van der Waals surface area contributed by atoms with Crippen molar-refractivity contribution in [1.29, 1.82) is 0 Å². The summed E-state index contributed by atoms with van der Waals surface area (Å²) >= 11 is 0. The Hall–Kier alpha value is -3.34. The molecule has 0 atom stereocenters. The summed E-state index contributed by atoms with van der Waals surface area (Å²) in [4.78, 5) is 8.85. The number of nitrogens with two attached hydrogens (primary N) is 1. The molecule has 0 bridgehead atoms. The maximum Gasteiger partial charge on any atom is 0.146 e. The number of aromatic nitrogens is 3. The van der Waals surface area contributed by atoms with E-state index in [0.29, 0.717) is 11.9 Å². The zero-order chi connectivity index (χ0) is 22.9. The van der Waals surface area contributed by atoms with Gasteiger partial charge in [-0.25, -0.2) is 9.97 Å². The SMILES string of the molecule is CC.CCCC(CCC)n1cc(-c2ccc(Oc3ccccc3)cc2)c2c(N)ncnc21. The fourth-order valence-electron chi connectivity index (χ4n) is 4.02. The Kier molecular flexibility index (Phi) is 8.26. The Morgan fingerprint density at radius 1 is 0.875 bits per heavy atom. The highest BCUT2D eigenvalue weighted by Gasteiger charge is 2.19. The van der Waals surface area contributed by atoms with Crippen molar-refractivity contribution in [3.8, 4) is 22.6 Å². The van der Waals surface area contributed by atoms with E-state index in [1.54, 1.807) is 6.33 Å². The van der Waals surface area contributed by atoms with Crippen LogP contribution in [0.25, 0.3) is 22.2 Å². The van der Waals surface area contributed by atoms with E-state index in [4.69, 9.17) is 10.5 Å². The van der Waals surface area contributed by atoms with Gasteiger partial charge in [0.2, 0.25) is 0 Å². The average molecular weight is 431 g/mol. The highest BCUT2D eigenvalue weighted by Crippen LogP contribution is 2.37. The lowest BCUT2D eigenvalue weighted by Gasteiger charge is -2.18. The number of fused-ring (bicyclic) bond motifs is 1. The number of rotatable bonds is 8. The molecule has 168 valence electrons. The molecule has 0 amide bonds. The van der Waals surface area contributed by atoms with Crippen molar-refractivity contribution in [1.82, 2.24) is 14.5 Å². The van der Waals surface area contributed by atoms with Crippen LogP contribution in [-0.2, 0) is 0 Å². The predicted octanol–water partition coefficient (Wildman–Crippen LogP) is 7.64. The number of ether oxygens (including phenoxy) is 1. The molecule has 5 heteroatoms. The zero-order valence-corrected chi connectivity index (χ0v) is 19.6. The molecule has 0 fully saturated rings. The number of para-hydroxylation sites is 1. The van der Waals surface area contributed by atoms with E-state index in [9.17, 15) is 0 Å². The summed E-state index contributed by atoms with van der Waals surface area (Å²) in [7, 11) is 0. The van der Waals surface area contributed by atoms with Crippen LogP contribution in [0, 0.1) is 0 Å². The van der Waals surface area contributed by atoms with Crippen molar-refractivity contribution in [3.05, 3.63) is 67.1 Å². The summed E-state index contributed by atoms with van der Waals surface area (Å²) in [6.07, 6.45) is 8.25. The van der Waals surface area contributed by atoms with Crippen molar-refractivity contribution < 1.29 is 4.74 Å². The molecule has 0 spiro atoms. The lowest BCUT2D eigenvalue weighted by atomic mass is 10.1. The van der Waals surface area contributed by atoms with Crippen LogP contribution in [0.1, 0.15) is 59.4 Å². The molecule has 4 rings (SSSR count). The van der Waals surface area contributed by atoms with Crippen LogP contribution in [0.2, 0.25) is 0 Å². The molecule has 0 aliphatic rings. The fraction of sp³-hybridized carbons (Fsp3) is 0.333. The molecule has 0 unspecified atom stereocenters. The Labute approximate surface area is 191 Å². The van der Waals surface area contributed by atoms with Crippen LogP contribution >= 0.6 is 0 Å². The monoisotopic (exact) mass is 430 g/mol. The first-order valence-corrected chi connectivity index (χ1v) is 11.7. The number of anilines is 1. The quantitative estimate of drug-likeness (QED) is 0.312. The molecule has 0 saturated carbocycles. The Morgan fingerprint density at radius 3 is 2.12 bits per heavy atom. The van der Waals surface area contributed by atoms with Crippen LogP contribution in [0.5, 0.6) is 11.5 Å². The maximum atomic E-state index is 6.30. The summed E-state index contributed by atoms with van der Waals surface area (Å²) in [6, 6.07) is 18.3. The number of hydrogen-bond acceptors (Lipinski definition) is 4. The third-order valence-electron chi connectivity index (χ3n) is 5.42. The van der Waals surface area contributed by atoms with E-state index >= 15 is 0 Å². The van der Waals surface area contributed by atoms with Gasteiger partial charge in [0, 0.05) is 17.8 Å². The summed E-state index contributed by atoms with van der Waals surface area (Å²) < 4.78 is 8.23. The molecule has 2 aromatic carbocycles. The molecular formula is C27H34N4O. The van der Waals surface area contributed by atoms with Gasteiger partial charge in [-0.3, -0.25) is 0 Å². The lowest BCUT2D eigenvalue weighted by molar-refractivity contribution is 0.436. The Balaban J connectivity index is 0.00000141. The van der Waals surface area contributed by atoms with Gasteiger partial charge < -0.3 is 15.0 Å². The molecular weight excluding hydrogens is 396 g/mol. The van der Waals surface area contributed by atoms with Crippen molar-refractivity contribution in [3.63, 3.8) is 0 Å². The lowest BCUT2D eigenvalue weighted by Crippen LogP contribution is -2.08. The number of nitrogen functional groups attached to an aromatic ring is 1. The normalized spacial score (nSPS) is 10.8. The topological polar surface area (TPSA) is 66.0 Å². The van der Waals surface area contributed by atoms with Crippen LogP contribution < -0.4 is 10.5 Å². The van der Waals surface area contributed by atoms with E-state index in [1.807, 2.05) is 56.3 Å². The second-order valence-electron chi connectivity index (χ2n) is 7.58. The zero-order valence-electron chi connectivity index (χ0n) is 19.6. The first-order valence-electron chi connectivity index (χ1n) is 11.7. The predicted molar refractivity (Wildman–Crippen MR) is 134 cm³/mol. The van der Waals surface area contributed by atoms with Gasteiger partial charge >= 0.3 is 0 Å². The van der Waals surface area contributed by atoms with Gasteiger partial charge in [-0.1, -0.05) is 70.9 Å². The van der Waals surface area contributed by atoms with Crippen LogP contribution in [0.3, 0.4) is 0 Å². The standard InChI is InChI=1S/C25H28N4O.C2H6/c1-3-8-19(9-4-2)29-16-22(23-24(26)27-17-28-25(23)29)18-12-14-21(15-13-18)30-20-10-6-5-7-11-20;1-2/h5-7,10-17,19H,3-4,8-9H2,1-2H3,(H2,26,27,28);1-2H3. The third kappa shape index (κ3) is 5.10. The van der Waals surface area contributed by atoms with Gasteiger partial charge in [-0.2, -0.15) is 0 Å². The molecule has 0 radical (unpaired) electrons. The minimum atomic E-state index is 0.409. The maximum absolute atomic E-state index is 6.30. The summed E-state index contributed by atoms with van der Waals surface area (Å²) in [5.41, 5.74) is 9.35. The number of hydrogen-bond donors (Lipinski definition) is 1. The second-order valence-corrected chi connectivity index (χ2v) is 7.58. The van der Waals surface area contributed by atoms with Gasteiger partial charge in [0.05, 0.1) is 5.39 Å². The first-order chi connectivity index (χ1) is 15.7. The molecule has 0 aliphatic heterocycles. The van der Waals surface area contributed by atoms with Crippen molar-refractivity contribution in [2.75, 3.05) is 5.73 Å². The van der Waals surface area contributed by atoms with E-state index < -0.39 is 0 Å². The van der Waals surface area contributed by atoms with E-state index in [-0.39, 0.29) is 0 Å². The van der Waals surface area contributed by atoms with Gasteiger partial charge in [0.15, 0.2) is 0 Å². The largest absolute Gasteiger partial charge is 0.457 e. The van der Waals surface area contributed by atoms with Gasteiger partial charge in [-0.05, 0) is 42.7 Å². The van der Waals surface area contributed by atoms with Gasteiger partial charge in [0.25, 0.3) is 0 Å². The van der Waals surface area contributed by atoms with Crippen molar-refractivity contribution in [2.45, 2.75) is 59.4 Å². The second kappa shape index (κ2) is 11.3. The molecule has 2 heterocycles. The Bertz CT molecular complexity index is 1100. The molecule has 32 heavy (non-hydrogen) atoms. The van der Waals surface area contributed by atoms with Gasteiger partial charge in [0.1, 0.15) is 29.3 Å². The summed E-state index contributed by atoms with van der Waals surface area (Å²) in [6.45, 7) is 8.45. The summed E-state index contributed by atoms with van der Waals surface area (Å²) in [5.74, 6) is 2.14. The minimum absolute atomic E-state index is 0.409. The molecule has 2 N–H and O–H groups in total. The molecule has 0 aliphatic carbocycles. The van der Waals surface area contributed by atoms with Crippen LogP contribution in [0.4, 0.5) is 5.82 Å². The molecule has 5 nitrogen and oxygen atoms in total. The first kappa shape index (κ1) is 23.3. The average Bonchev–Trinajstić information content (AvgIpc) is 3.22. The number of benzene rings is 2. The van der Waals surface area contributed by atoms with E-state index in [2.05, 4.69) is 46.7 Å². The minimum Gasteiger partial charge on any atom is -0.457 e. The molecule has 0 saturated heterocycles. The third-order valence-corrected chi connectivity index (χ3v) is 5.42.